The van der Waals surface area contributed by atoms with E-state index < -0.39 is 0 Å². The van der Waals surface area contributed by atoms with Gasteiger partial charge in [0.1, 0.15) is 6.54 Å². The van der Waals surface area contributed by atoms with Crippen LogP contribution in [0.4, 0.5) is 11.4 Å². The molecule has 172 valence electrons. The van der Waals surface area contributed by atoms with Crippen molar-refractivity contribution in [3.63, 3.8) is 0 Å². The van der Waals surface area contributed by atoms with Crippen molar-refractivity contribution < 1.29 is 14.4 Å². The van der Waals surface area contributed by atoms with E-state index in [0.29, 0.717) is 12.1 Å². The molecule has 33 heavy (non-hydrogen) atoms. The van der Waals surface area contributed by atoms with Gasteiger partial charge in [0.05, 0.1) is 23.5 Å². The summed E-state index contributed by atoms with van der Waals surface area (Å²) in [5, 5.41) is 6.12. The number of carbonyl (C=O) groups is 3. The second kappa shape index (κ2) is 8.63. The first-order valence-electron chi connectivity index (χ1n) is 11.7. The van der Waals surface area contributed by atoms with Gasteiger partial charge in [-0.3, -0.25) is 24.2 Å². The van der Waals surface area contributed by atoms with Crippen molar-refractivity contribution in [1.29, 1.82) is 0 Å². The van der Waals surface area contributed by atoms with Gasteiger partial charge in [-0.1, -0.05) is 42.5 Å². The van der Waals surface area contributed by atoms with E-state index in [-0.39, 0.29) is 48.4 Å². The third-order valence-electron chi connectivity index (χ3n) is 7.27. The van der Waals surface area contributed by atoms with Crippen LogP contribution in [0, 0.1) is 0 Å². The highest BCUT2D eigenvalue weighted by atomic mass is 16.2. The fraction of sp³-hybridized carbons (Fsp3) is 0.423. The van der Waals surface area contributed by atoms with Crippen molar-refractivity contribution >= 4 is 29.1 Å². The van der Waals surface area contributed by atoms with Gasteiger partial charge in [-0.2, -0.15) is 0 Å². The summed E-state index contributed by atoms with van der Waals surface area (Å²) in [5.41, 5.74) is 2.24. The Kier molecular flexibility index (Phi) is 5.66. The molecule has 2 fully saturated rings. The number of anilines is 2. The fourth-order valence-electron chi connectivity index (χ4n) is 5.83. The molecule has 3 amide bonds. The number of benzene rings is 2. The number of carbonyl (C=O) groups excluding carboxylic acids is 3. The topological polar surface area (TPSA) is 81.8 Å². The predicted molar refractivity (Wildman–Crippen MR) is 127 cm³/mol. The Morgan fingerprint density at radius 2 is 1.82 bits per heavy atom. The number of rotatable bonds is 4. The molecule has 0 unspecified atom stereocenters. The maximum Gasteiger partial charge on any atom is 0.244 e. The van der Waals surface area contributed by atoms with Gasteiger partial charge < -0.3 is 10.6 Å². The van der Waals surface area contributed by atoms with Crippen molar-refractivity contribution in [3.05, 3.63) is 60.2 Å². The first-order valence-corrected chi connectivity index (χ1v) is 11.7. The largest absolute Gasteiger partial charge is 0.349 e. The Morgan fingerprint density at radius 1 is 1.06 bits per heavy atom. The van der Waals surface area contributed by atoms with Crippen LogP contribution in [0.5, 0.6) is 0 Å². The molecule has 3 atom stereocenters. The van der Waals surface area contributed by atoms with E-state index >= 15 is 0 Å². The number of amides is 3. The van der Waals surface area contributed by atoms with Crippen LogP contribution >= 0.6 is 0 Å². The molecule has 0 radical (unpaired) electrons. The van der Waals surface area contributed by atoms with Crippen LogP contribution in [-0.4, -0.2) is 53.3 Å². The molecule has 3 heterocycles. The van der Waals surface area contributed by atoms with Gasteiger partial charge in [-0.15, -0.1) is 0 Å². The lowest BCUT2D eigenvalue weighted by molar-refractivity contribution is -0.123. The van der Waals surface area contributed by atoms with Crippen LogP contribution in [0.25, 0.3) is 0 Å². The third kappa shape index (κ3) is 4.25. The second-order valence-corrected chi connectivity index (χ2v) is 9.64. The number of fused-ring (bicyclic) bond motifs is 2. The molecule has 0 aliphatic carbocycles. The molecule has 5 rings (SSSR count). The average Bonchev–Trinajstić information content (AvgIpc) is 2.93. The average molecular weight is 447 g/mol. The van der Waals surface area contributed by atoms with Crippen LogP contribution in [0.2, 0.25) is 0 Å². The summed E-state index contributed by atoms with van der Waals surface area (Å²) in [6.07, 6.45) is 3.81. The Balaban J connectivity index is 1.43. The van der Waals surface area contributed by atoms with Crippen molar-refractivity contribution in [2.75, 3.05) is 23.3 Å². The number of likely N-dealkylation sites (tertiary alicyclic amines) is 1. The minimum Gasteiger partial charge on any atom is -0.349 e. The van der Waals surface area contributed by atoms with Crippen LogP contribution in [0.15, 0.2) is 54.6 Å². The Hall–Kier alpha value is -3.19. The van der Waals surface area contributed by atoms with Gasteiger partial charge in [0.2, 0.25) is 17.7 Å². The van der Waals surface area contributed by atoms with Crippen molar-refractivity contribution in [3.8, 4) is 0 Å². The van der Waals surface area contributed by atoms with Crippen LogP contribution < -0.4 is 15.5 Å². The van der Waals surface area contributed by atoms with Crippen LogP contribution in [0.1, 0.15) is 38.2 Å². The third-order valence-corrected chi connectivity index (χ3v) is 7.27. The second-order valence-electron chi connectivity index (χ2n) is 9.64. The lowest BCUT2D eigenvalue weighted by Crippen LogP contribution is -2.55. The molecule has 2 saturated heterocycles. The molecule has 0 aromatic heterocycles. The van der Waals surface area contributed by atoms with Crippen molar-refractivity contribution in [2.45, 2.75) is 56.7 Å². The first-order chi connectivity index (χ1) is 15.9. The molecule has 2 N–H and O–H groups in total. The number of para-hydroxylation sites is 2. The summed E-state index contributed by atoms with van der Waals surface area (Å²) in [6, 6.07) is 17.9. The lowest BCUT2D eigenvalue weighted by atomic mass is 9.89. The molecule has 7 heteroatoms. The predicted octanol–water partition coefficient (Wildman–Crippen LogP) is 2.72. The number of hydrogen-bond donors (Lipinski definition) is 2. The quantitative estimate of drug-likeness (QED) is 0.757. The standard InChI is InChI=1S/C26H30N4O3/c1-26-15-19(14-18-8-3-2-4-9-18)29(22(26)12-7-13-23(31)28-26)17-25(33)30-16-24(32)27-20-10-5-6-11-21(20)30/h2-6,8-11,19,22H,7,12-17H2,1H3,(H,27,32)(H,28,31)/t19-,22+,26+/m1/s1. The molecule has 2 aromatic rings. The van der Waals surface area contributed by atoms with Gasteiger partial charge in [-0.25, -0.2) is 0 Å². The van der Waals surface area contributed by atoms with Crippen molar-refractivity contribution in [2.24, 2.45) is 0 Å². The highest BCUT2D eigenvalue weighted by molar-refractivity contribution is 6.10. The summed E-state index contributed by atoms with van der Waals surface area (Å²) in [6.45, 7) is 2.36. The Bertz CT molecular complexity index is 1070. The lowest BCUT2D eigenvalue weighted by Gasteiger charge is -2.36. The molecular weight excluding hydrogens is 416 g/mol. The summed E-state index contributed by atoms with van der Waals surface area (Å²) in [7, 11) is 0. The Morgan fingerprint density at radius 3 is 2.64 bits per heavy atom. The maximum absolute atomic E-state index is 13.6. The summed E-state index contributed by atoms with van der Waals surface area (Å²) >= 11 is 0. The van der Waals surface area contributed by atoms with Crippen molar-refractivity contribution in [1.82, 2.24) is 10.2 Å². The normalized spacial score (nSPS) is 27.2. The zero-order chi connectivity index (χ0) is 23.0. The highest BCUT2D eigenvalue weighted by Crippen LogP contribution is 2.39. The van der Waals surface area contributed by atoms with E-state index in [1.54, 1.807) is 4.90 Å². The van der Waals surface area contributed by atoms with E-state index in [0.717, 1.165) is 31.4 Å². The molecule has 3 aliphatic rings. The van der Waals surface area contributed by atoms with E-state index in [4.69, 9.17) is 0 Å². The minimum absolute atomic E-state index is 0.0196. The van der Waals surface area contributed by atoms with E-state index in [9.17, 15) is 14.4 Å². The zero-order valence-electron chi connectivity index (χ0n) is 18.9. The maximum atomic E-state index is 13.6. The SMILES string of the molecule is C[C@]12C[C@@H](Cc3ccccc3)N(CC(=O)N3CC(=O)Nc4ccccc43)[C@H]1CCCC(=O)N2. The molecule has 7 nitrogen and oxygen atoms in total. The first kappa shape index (κ1) is 21.6. The number of nitrogens with one attached hydrogen (secondary N) is 2. The molecule has 0 saturated carbocycles. The highest BCUT2D eigenvalue weighted by Gasteiger charge is 2.51. The molecule has 2 aromatic carbocycles. The van der Waals surface area contributed by atoms with Crippen LogP contribution in [0.3, 0.4) is 0 Å². The van der Waals surface area contributed by atoms with Gasteiger partial charge in [-0.05, 0) is 50.3 Å². The van der Waals surface area contributed by atoms with Gasteiger partial charge >= 0.3 is 0 Å². The van der Waals surface area contributed by atoms with Gasteiger partial charge in [0, 0.05) is 18.5 Å². The smallest absolute Gasteiger partial charge is 0.244 e. The summed E-state index contributed by atoms with van der Waals surface area (Å²) in [5.74, 6) is -0.181. The monoisotopic (exact) mass is 446 g/mol. The molecular formula is C26H30N4O3. The summed E-state index contributed by atoms with van der Waals surface area (Å²) < 4.78 is 0. The number of nitrogens with zero attached hydrogens (tertiary/aromatic N) is 2. The number of hydrogen-bond acceptors (Lipinski definition) is 4. The van der Waals surface area contributed by atoms with E-state index in [1.165, 1.54) is 5.56 Å². The minimum atomic E-state index is -0.371. The molecule has 0 bridgehead atoms. The zero-order valence-corrected chi connectivity index (χ0v) is 18.9. The molecule has 0 spiro atoms. The van der Waals surface area contributed by atoms with Gasteiger partial charge in [0.15, 0.2) is 0 Å². The fourth-order valence-corrected chi connectivity index (χ4v) is 5.83. The summed E-state index contributed by atoms with van der Waals surface area (Å²) in [4.78, 5) is 42.2. The van der Waals surface area contributed by atoms with E-state index in [2.05, 4.69) is 34.6 Å². The Labute approximate surface area is 194 Å². The van der Waals surface area contributed by atoms with Crippen LogP contribution in [-0.2, 0) is 20.8 Å². The molecule has 3 aliphatic heterocycles. The van der Waals surface area contributed by atoms with E-state index in [1.807, 2.05) is 42.5 Å². The van der Waals surface area contributed by atoms with Gasteiger partial charge in [0.25, 0.3) is 0 Å².